The third kappa shape index (κ3) is 12.2. The van der Waals surface area contributed by atoms with Gasteiger partial charge in [0.15, 0.2) is 52.1 Å². The maximum Gasteiger partial charge on any atom is 0.303 e. The number of esters is 7. The first kappa shape index (κ1) is 41.8. The van der Waals surface area contributed by atoms with Gasteiger partial charge >= 0.3 is 41.8 Å². The number of hydrogen-bond donors (Lipinski definition) is 1. The molecule has 0 saturated carbocycles. The summed E-state index contributed by atoms with van der Waals surface area (Å²) >= 11 is 0. The van der Waals surface area contributed by atoms with Gasteiger partial charge in [0.05, 0.1) is 0 Å². The number of nitrogens with two attached hydrogens (primary N) is 1. The van der Waals surface area contributed by atoms with Crippen molar-refractivity contribution in [1.29, 1.82) is 0 Å². The van der Waals surface area contributed by atoms with Crippen molar-refractivity contribution in [2.75, 3.05) is 19.0 Å². The van der Waals surface area contributed by atoms with Crippen LogP contribution in [0.25, 0.3) is 0 Å². The molecule has 2 aliphatic heterocycles. The van der Waals surface area contributed by atoms with Crippen LogP contribution in [0.15, 0.2) is 0 Å². The summed E-state index contributed by atoms with van der Waals surface area (Å²) in [5.74, 6) is -9.46. The average Bonchev–Trinajstić information content (AvgIpc) is 2.94. The van der Waals surface area contributed by atoms with Crippen molar-refractivity contribution in [1.82, 2.24) is 0 Å². The molecule has 0 aromatic rings. The minimum atomic E-state index is -4.78. The SMILES string of the molecule is CC(=O)OC[C@H]1O[C@@H](O[C@H]2[C@H](OC(C)=O)[C@@H](OC(C)=O)[C@H](S(=O)(=O)CC(N)=O)O[C@@H]2COC(C)=O)[C@H](OC(C)=O)[C@@H](OC(C)=O)[C@H]1OC(C)=O. The smallest absolute Gasteiger partial charge is 0.303 e. The Morgan fingerprint density at radius 3 is 1.32 bits per heavy atom. The van der Waals surface area contributed by atoms with E-state index in [0.717, 1.165) is 48.5 Å². The summed E-state index contributed by atoms with van der Waals surface area (Å²) in [6, 6.07) is 0. The van der Waals surface area contributed by atoms with E-state index in [1.165, 1.54) is 0 Å². The average molecular weight is 742 g/mol. The highest BCUT2D eigenvalue weighted by atomic mass is 32.2. The predicted octanol–water partition coefficient (Wildman–Crippen LogP) is -2.49. The summed E-state index contributed by atoms with van der Waals surface area (Å²) in [4.78, 5) is 96.4. The summed E-state index contributed by atoms with van der Waals surface area (Å²) in [6.07, 6.45) is -16.3. The van der Waals surface area contributed by atoms with E-state index in [4.69, 9.17) is 53.1 Å². The number of amides is 1. The van der Waals surface area contributed by atoms with Crippen LogP contribution in [0, 0.1) is 0 Å². The van der Waals surface area contributed by atoms with E-state index in [2.05, 4.69) is 0 Å². The van der Waals surface area contributed by atoms with E-state index < -0.39 is 137 Å². The van der Waals surface area contributed by atoms with Crippen LogP contribution in [0.2, 0.25) is 0 Å². The molecule has 0 unspecified atom stereocenters. The molecule has 10 atom stereocenters. The Morgan fingerprint density at radius 1 is 0.520 bits per heavy atom. The van der Waals surface area contributed by atoms with Gasteiger partial charge in [-0.3, -0.25) is 38.4 Å². The number of hydrogen-bond acceptors (Lipinski definition) is 20. The van der Waals surface area contributed by atoms with E-state index in [9.17, 15) is 46.8 Å². The molecule has 2 aliphatic rings. The first-order valence-electron chi connectivity index (χ1n) is 14.7. The molecule has 2 saturated heterocycles. The summed E-state index contributed by atoms with van der Waals surface area (Å²) in [6.45, 7) is 5.26. The minimum Gasteiger partial charge on any atom is -0.463 e. The van der Waals surface area contributed by atoms with Crippen LogP contribution in [0.5, 0.6) is 0 Å². The summed E-state index contributed by atoms with van der Waals surface area (Å²) in [5.41, 5.74) is 2.85. The van der Waals surface area contributed by atoms with Crippen LogP contribution in [0.1, 0.15) is 48.5 Å². The number of carbonyl (C=O) groups excluding carboxylic acids is 8. The monoisotopic (exact) mass is 741 g/mol. The second kappa shape index (κ2) is 18.0. The van der Waals surface area contributed by atoms with Crippen molar-refractivity contribution in [3.63, 3.8) is 0 Å². The predicted molar refractivity (Wildman–Crippen MR) is 156 cm³/mol. The van der Waals surface area contributed by atoms with Crippen molar-refractivity contribution in [2.24, 2.45) is 5.73 Å². The largest absolute Gasteiger partial charge is 0.463 e. The van der Waals surface area contributed by atoms with E-state index in [1.807, 2.05) is 0 Å². The van der Waals surface area contributed by atoms with Crippen LogP contribution >= 0.6 is 0 Å². The van der Waals surface area contributed by atoms with Gasteiger partial charge in [0.1, 0.15) is 37.3 Å². The maximum absolute atomic E-state index is 13.3. The molecule has 0 radical (unpaired) electrons. The normalized spacial score (nSPS) is 29.3. The molecule has 2 heterocycles. The van der Waals surface area contributed by atoms with Crippen LogP contribution in [-0.2, 0) is 95.6 Å². The lowest BCUT2D eigenvalue weighted by Gasteiger charge is -2.48. The van der Waals surface area contributed by atoms with E-state index >= 15 is 0 Å². The van der Waals surface area contributed by atoms with Gasteiger partial charge in [-0.05, 0) is 0 Å². The first-order chi connectivity index (χ1) is 23.1. The molecular weight excluding hydrogens is 702 g/mol. The lowest BCUT2D eigenvalue weighted by atomic mass is 9.96. The highest BCUT2D eigenvalue weighted by Gasteiger charge is 2.59. The highest BCUT2D eigenvalue weighted by Crippen LogP contribution is 2.36. The van der Waals surface area contributed by atoms with Gasteiger partial charge in [0.2, 0.25) is 5.91 Å². The highest BCUT2D eigenvalue weighted by molar-refractivity contribution is 7.92. The molecule has 0 bridgehead atoms. The Balaban J connectivity index is 2.82. The number of sulfone groups is 1. The molecule has 0 aromatic carbocycles. The van der Waals surface area contributed by atoms with Crippen LogP contribution in [0.3, 0.4) is 0 Å². The standard InChI is InChI=1S/C28H39NO20S/c1-11(30)40-8-18-21(42-13(3)32)23(43-14(4)33)25(45-16(6)35)27(47-18)49-22-19(9-41-12(2)31)48-28(50(38,39)10-20(29)37)26(46-17(7)36)24(22)44-15(5)34/h18-19,21-28H,8-10H2,1-7H3,(H2,29,37)/t18-,19-,21+,22-,23+,24+,25-,26-,27+,28+/m1/s1. The Hall–Kier alpha value is -4.41. The summed E-state index contributed by atoms with van der Waals surface area (Å²) in [5, 5.41) is 0. The van der Waals surface area contributed by atoms with Gasteiger partial charge in [-0.25, -0.2) is 8.42 Å². The zero-order valence-electron chi connectivity index (χ0n) is 28.0. The zero-order chi connectivity index (χ0) is 38.1. The molecule has 0 aliphatic carbocycles. The summed E-state index contributed by atoms with van der Waals surface area (Å²) < 4.78 is 81.1. The number of carbonyl (C=O) groups is 8. The van der Waals surface area contributed by atoms with Crippen molar-refractivity contribution in [2.45, 2.75) is 109 Å². The number of ether oxygens (including phenoxy) is 10. The quantitative estimate of drug-likeness (QED) is 0.142. The Morgan fingerprint density at radius 2 is 0.900 bits per heavy atom. The van der Waals surface area contributed by atoms with E-state index in [1.54, 1.807) is 0 Å². The van der Waals surface area contributed by atoms with Gasteiger partial charge in [0, 0.05) is 48.5 Å². The van der Waals surface area contributed by atoms with E-state index in [0.29, 0.717) is 0 Å². The Kier molecular flexibility index (Phi) is 15.0. The first-order valence-corrected chi connectivity index (χ1v) is 16.4. The molecular formula is C28H39NO20S. The fourth-order valence-corrected chi connectivity index (χ4v) is 6.53. The second-order valence-corrected chi connectivity index (χ2v) is 13.0. The molecule has 0 spiro atoms. The van der Waals surface area contributed by atoms with Crippen molar-refractivity contribution >= 4 is 57.5 Å². The van der Waals surface area contributed by atoms with Crippen molar-refractivity contribution < 1.29 is 94.1 Å². The molecule has 22 heteroatoms. The third-order valence-corrected chi connectivity index (χ3v) is 8.36. The molecule has 2 fully saturated rings. The number of rotatable bonds is 14. The van der Waals surface area contributed by atoms with Crippen LogP contribution in [0.4, 0.5) is 0 Å². The number of primary amides is 1. The Labute approximate surface area is 285 Å². The molecule has 2 N–H and O–H groups in total. The van der Waals surface area contributed by atoms with Crippen molar-refractivity contribution in [3.8, 4) is 0 Å². The van der Waals surface area contributed by atoms with Gasteiger partial charge in [-0.1, -0.05) is 0 Å². The lowest BCUT2D eigenvalue weighted by molar-refractivity contribution is -0.341. The molecule has 1 amide bonds. The van der Waals surface area contributed by atoms with Crippen LogP contribution < -0.4 is 5.73 Å². The van der Waals surface area contributed by atoms with Gasteiger partial charge in [0.25, 0.3) is 0 Å². The molecule has 50 heavy (non-hydrogen) atoms. The fourth-order valence-electron chi connectivity index (χ4n) is 5.04. The van der Waals surface area contributed by atoms with Gasteiger partial charge in [-0.15, -0.1) is 0 Å². The molecule has 21 nitrogen and oxygen atoms in total. The van der Waals surface area contributed by atoms with Crippen LogP contribution in [-0.4, -0.2) is 136 Å². The molecule has 2 rings (SSSR count). The van der Waals surface area contributed by atoms with Gasteiger partial charge in [-0.2, -0.15) is 0 Å². The zero-order valence-corrected chi connectivity index (χ0v) is 28.9. The minimum absolute atomic E-state index is 0.660. The third-order valence-electron chi connectivity index (χ3n) is 6.58. The second-order valence-electron chi connectivity index (χ2n) is 10.9. The topological polar surface area (TPSA) is 289 Å². The fraction of sp³-hybridized carbons (Fsp3) is 0.714. The molecule has 282 valence electrons. The maximum atomic E-state index is 13.3. The van der Waals surface area contributed by atoms with Gasteiger partial charge < -0.3 is 53.1 Å². The van der Waals surface area contributed by atoms with Crippen molar-refractivity contribution in [3.05, 3.63) is 0 Å². The summed E-state index contributed by atoms with van der Waals surface area (Å²) in [7, 11) is -4.78. The lowest BCUT2D eigenvalue weighted by Crippen LogP contribution is -2.68. The van der Waals surface area contributed by atoms with E-state index in [-0.39, 0.29) is 0 Å². The molecule has 0 aromatic heterocycles. The Bertz CT molecular complexity index is 1430.